The Bertz CT molecular complexity index is 281. The summed E-state index contributed by atoms with van der Waals surface area (Å²) in [6.45, 7) is 0. The molecule has 0 aliphatic heterocycles. The largest absolute Gasteiger partial charge is 0.317 e. The van der Waals surface area contributed by atoms with E-state index >= 15 is 0 Å². The van der Waals surface area contributed by atoms with Crippen LogP contribution in [0, 0.1) is 5.92 Å². The Labute approximate surface area is 84.1 Å². The molecule has 1 N–H and O–H groups in total. The van der Waals surface area contributed by atoms with Crippen molar-refractivity contribution in [1.29, 1.82) is 0 Å². The SMILES string of the molecule is CNC1CC1Cc1ccc(Cl)cc1. The fraction of sp³-hybridized carbons (Fsp3) is 0.455. The second-order valence-electron chi connectivity index (χ2n) is 3.72. The average Bonchev–Trinajstić information content (AvgIpc) is 2.88. The Morgan fingerprint density at radius 1 is 1.38 bits per heavy atom. The molecule has 0 radical (unpaired) electrons. The normalized spacial score (nSPS) is 26.0. The summed E-state index contributed by atoms with van der Waals surface area (Å²) in [4.78, 5) is 0. The van der Waals surface area contributed by atoms with Crippen LogP contribution < -0.4 is 5.32 Å². The van der Waals surface area contributed by atoms with Crippen molar-refractivity contribution in [3.8, 4) is 0 Å². The molecule has 2 rings (SSSR count). The molecule has 2 unspecified atom stereocenters. The van der Waals surface area contributed by atoms with E-state index in [0.717, 1.165) is 17.0 Å². The summed E-state index contributed by atoms with van der Waals surface area (Å²) in [6, 6.07) is 8.91. The zero-order valence-electron chi connectivity index (χ0n) is 7.76. The molecule has 1 aromatic rings. The third-order valence-corrected chi connectivity index (χ3v) is 2.96. The molecule has 0 aromatic heterocycles. The molecule has 0 spiro atoms. The molecule has 1 fully saturated rings. The quantitative estimate of drug-likeness (QED) is 0.782. The highest BCUT2D eigenvalue weighted by Gasteiger charge is 2.35. The smallest absolute Gasteiger partial charge is 0.0406 e. The maximum Gasteiger partial charge on any atom is 0.0406 e. The van der Waals surface area contributed by atoms with E-state index in [1.165, 1.54) is 18.4 Å². The maximum atomic E-state index is 5.81. The Morgan fingerprint density at radius 3 is 2.62 bits per heavy atom. The lowest BCUT2D eigenvalue weighted by Gasteiger charge is -2.00. The van der Waals surface area contributed by atoms with Crippen LogP contribution in [0.4, 0.5) is 0 Å². The van der Waals surface area contributed by atoms with Crippen LogP contribution in [0.15, 0.2) is 24.3 Å². The molecule has 13 heavy (non-hydrogen) atoms. The summed E-state index contributed by atoms with van der Waals surface area (Å²) in [5.74, 6) is 0.839. The minimum atomic E-state index is 0.746. The fourth-order valence-corrected chi connectivity index (χ4v) is 1.88. The number of nitrogens with one attached hydrogen (secondary N) is 1. The van der Waals surface area contributed by atoms with Gasteiger partial charge in [-0.05, 0) is 43.5 Å². The van der Waals surface area contributed by atoms with E-state index in [9.17, 15) is 0 Å². The van der Waals surface area contributed by atoms with Crippen molar-refractivity contribution in [3.63, 3.8) is 0 Å². The third kappa shape index (κ3) is 2.23. The van der Waals surface area contributed by atoms with Gasteiger partial charge in [0, 0.05) is 11.1 Å². The van der Waals surface area contributed by atoms with Gasteiger partial charge in [-0.1, -0.05) is 23.7 Å². The molecule has 1 aliphatic rings. The molecule has 2 atom stereocenters. The summed E-state index contributed by atoms with van der Waals surface area (Å²) >= 11 is 5.81. The van der Waals surface area contributed by atoms with E-state index in [-0.39, 0.29) is 0 Å². The maximum absolute atomic E-state index is 5.81. The number of hydrogen-bond acceptors (Lipinski definition) is 1. The molecule has 1 saturated carbocycles. The summed E-state index contributed by atoms with van der Waals surface area (Å²) in [5.41, 5.74) is 1.40. The van der Waals surface area contributed by atoms with E-state index in [4.69, 9.17) is 11.6 Å². The Hall–Kier alpha value is -0.530. The average molecular weight is 196 g/mol. The van der Waals surface area contributed by atoms with Gasteiger partial charge in [-0.2, -0.15) is 0 Å². The first-order valence-electron chi connectivity index (χ1n) is 4.71. The standard InChI is InChI=1S/C11H14ClN/c1-13-11-7-9(11)6-8-2-4-10(12)5-3-8/h2-5,9,11,13H,6-7H2,1H3. The zero-order valence-corrected chi connectivity index (χ0v) is 8.51. The van der Waals surface area contributed by atoms with Crippen LogP contribution in [-0.2, 0) is 6.42 Å². The molecule has 0 saturated heterocycles. The van der Waals surface area contributed by atoms with Gasteiger partial charge >= 0.3 is 0 Å². The highest BCUT2D eigenvalue weighted by atomic mass is 35.5. The molecule has 1 aliphatic carbocycles. The van der Waals surface area contributed by atoms with Gasteiger partial charge in [0.25, 0.3) is 0 Å². The topological polar surface area (TPSA) is 12.0 Å². The van der Waals surface area contributed by atoms with Crippen molar-refractivity contribution in [1.82, 2.24) is 5.32 Å². The lowest BCUT2D eigenvalue weighted by molar-refractivity contribution is 0.702. The van der Waals surface area contributed by atoms with E-state index in [0.29, 0.717) is 0 Å². The molecule has 2 heteroatoms. The van der Waals surface area contributed by atoms with Crippen molar-refractivity contribution in [2.24, 2.45) is 5.92 Å². The lowest BCUT2D eigenvalue weighted by atomic mass is 10.1. The van der Waals surface area contributed by atoms with Gasteiger partial charge in [-0.25, -0.2) is 0 Å². The Morgan fingerprint density at radius 2 is 2.08 bits per heavy atom. The van der Waals surface area contributed by atoms with E-state index in [2.05, 4.69) is 17.4 Å². The Kier molecular flexibility index (Phi) is 2.56. The van der Waals surface area contributed by atoms with Gasteiger partial charge in [0.15, 0.2) is 0 Å². The number of rotatable bonds is 3. The predicted molar refractivity (Wildman–Crippen MR) is 56.1 cm³/mol. The van der Waals surface area contributed by atoms with Crippen LogP contribution >= 0.6 is 11.6 Å². The van der Waals surface area contributed by atoms with Gasteiger partial charge in [0.2, 0.25) is 0 Å². The monoisotopic (exact) mass is 195 g/mol. The summed E-state index contributed by atoms with van der Waals surface area (Å²) < 4.78 is 0. The molecule has 1 nitrogen and oxygen atoms in total. The fourth-order valence-electron chi connectivity index (χ4n) is 1.75. The van der Waals surface area contributed by atoms with Crippen LogP contribution in [-0.4, -0.2) is 13.1 Å². The second kappa shape index (κ2) is 3.69. The van der Waals surface area contributed by atoms with Crippen molar-refractivity contribution >= 4 is 11.6 Å². The van der Waals surface area contributed by atoms with E-state index < -0.39 is 0 Å². The van der Waals surface area contributed by atoms with Crippen LogP contribution in [0.2, 0.25) is 5.02 Å². The minimum Gasteiger partial charge on any atom is -0.317 e. The molecule has 0 heterocycles. The van der Waals surface area contributed by atoms with Crippen molar-refractivity contribution in [2.75, 3.05) is 7.05 Å². The predicted octanol–water partition coefficient (Wildman–Crippen LogP) is 2.49. The first-order chi connectivity index (χ1) is 6.29. The van der Waals surface area contributed by atoms with Crippen molar-refractivity contribution in [3.05, 3.63) is 34.9 Å². The van der Waals surface area contributed by atoms with Crippen LogP contribution in [0.1, 0.15) is 12.0 Å². The van der Waals surface area contributed by atoms with Gasteiger partial charge in [0.1, 0.15) is 0 Å². The summed E-state index contributed by atoms with van der Waals surface area (Å²) in [5, 5.41) is 4.12. The molecule has 70 valence electrons. The van der Waals surface area contributed by atoms with Gasteiger partial charge in [0.05, 0.1) is 0 Å². The summed E-state index contributed by atoms with van der Waals surface area (Å²) in [7, 11) is 2.03. The van der Waals surface area contributed by atoms with E-state index in [1.54, 1.807) is 0 Å². The molecular weight excluding hydrogens is 182 g/mol. The third-order valence-electron chi connectivity index (χ3n) is 2.70. The molecule has 1 aromatic carbocycles. The van der Waals surface area contributed by atoms with Crippen molar-refractivity contribution < 1.29 is 0 Å². The first-order valence-corrected chi connectivity index (χ1v) is 5.09. The number of hydrogen-bond donors (Lipinski definition) is 1. The number of benzene rings is 1. The second-order valence-corrected chi connectivity index (χ2v) is 4.16. The van der Waals surface area contributed by atoms with Gasteiger partial charge in [-0.15, -0.1) is 0 Å². The van der Waals surface area contributed by atoms with Crippen LogP contribution in [0.5, 0.6) is 0 Å². The van der Waals surface area contributed by atoms with Crippen molar-refractivity contribution in [2.45, 2.75) is 18.9 Å². The lowest BCUT2D eigenvalue weighted by Crippen LogP contribution is -2.11. The summed E-state index contributed by atoms with van der Waals surface area (Å²) in [6.07, 6.45) is 2.50. The highest BCUT2D eigenvalue weighted by molar-refractivity contribution is 6.30. The highest BCUT2D eigenvalue weighted by Crippen LogP contribution is 2.33. The molecular formula is C11H14ClN. The minimum absolute atomic E-state index is 0.746. The molecule has 0 bridgehead atoms. The number of halogens is 1. The first kappa shape index (κ1) is 9.04. The van der Waals surface area contributed by atoms with Crippen LogP contribution in [0.25, 0.3) is 0 Å². The molecule has 0 amide bonds. The van der Waals surface area contributed by atoms with E-state index in [1.807, 2.05) is 19.2 Å². The van der Waals surface area contributed by atoms with Gasteiger partial charge in [-0.3, -0.25) is 0 Å². The zero-order chi connectivity index (χ0) is 9.26. The van der Waals surface area contributed by atoms with Gasteiger partial charge < -0.3 is 5.32 Å². The van der Waals surface area contributed by atoms with Crippen LogP contribution in [0.3, 0.4) is 0 Å². The Balaban J connectivity index is 1.92.